The highest BCUT2D eigenvalue weighted by molar-refractivity contribution is 5.39. The fourth-order valence-corrected chi connectivity index (χ4v) is 2.96. The maximum atomic E-state index is 4.75. The van der Waals surface area contributed by atoms with Crippen molar-refractivity contribution in [2.75, 3.05) is 29.9 Å². The molecule has 5 heteroatoms. The van der Waals surface area contributed by atoms with Crippen LogP contribution in [0.15, 0.2) is 0 Å². The second-order valence-corrected chi connectivity index (χ2v) is 5.75. The summed E-state index contributed by atoms with van der Waals surface area (Å²) in [7, 11) is 0. The number of aromatic nitrogens is 3. The van der Waals surface area contributed by atoms with E-state index in [1.807, 2.05) is 0 Å². The van der Waals surface area contributed by atoms with Crippen LogP contribution >= 0.6 is 0 Å². The summed E-state index contributed by atoms with van der Waals surface area (Å²) in [6, 6.07) is 0.493. The predicted octanol–water partition coefficient (Wildman–Crippen LogP) is 2.28. The quantitative estimate of drug-likeness (QED) is 0.873. The second-order valence-electron chi connectivity index (χ2n) is 5.75. The lowest BCUT2D eigenvalue weighted by Gasteiger charge is -2.27. The molecule has 1 atom stereocenters. The molecule has 0 aromatic carbocycles. The van der Waals surface area contributed by atoms with E-state index in [2.05, 4.69) is 33.7 Å². The van der Waals surface area contributed by atoms with Gasteiger partial charge in [-0.05, 0) is 31.6 Å². The first-order valence-electron chi connectivity index (χ1n) is 7.21. The van der Waals surface area contributed by atoms with Crippen LogP contribution in [0.3, 0.4) is 0 Å². The molecule has 1 aromatic rings. The van der Waals surface area contributed by atoms with Gasteiger partial charge in [0.1, 0.15) is 0 Å². The van der Waals surface area contributed by atoms with Crippen molar-refractivity contribution in [1.82, 2.24) is 14.8 Å². The number of piperidine rings is 1. The summed E-state index contributed by atoms with van der Waals surface area (Å²) in [5.41, 5.74) is 0. The molecule has 1 fully saturated rings. The van der Waals surface area contributed by atoms with E-state index in [1.54, 1.807) is 0 Å². The number of nitrogens with zero attached hydrogens (tertiary/aromatic N) is 4. The lowest BCUT2D eigenvalue weighted by Crippen LogP contribution is -2.30. The van der Waals surface area contributed by atoms with E-state index >= 15 is 0 Å². The van der Waals surface area contributed by atoms with Crippen molar-refractivity contribution in [3.8, 4) is 0 Å². The van der Waals surface area contributed by atoms with Crippen molar-refractivity contribution in [3.63, 3.8) is 0 Å². The molecule has 1 saturated heterocycles. The molecule has 0 bridgehead atoms. The Labute approximate surface area is 109 Å². The van der Waals surface area contributed by atoms with E-state index in [-0.39, 0.29) is 0 Å². The maximum absolute atomic E-state index is 4.75. The summed E-state index contributed by atoms with van der Waals surface area (Å²) in [4.78, 5) is 7.00. The van der Waals surface area contributed by atoms with Crippen LogP contribution in [-0.2, 0) is 0 Å². The Bertz CT molecular complexity index is 406. The third kappa shape index (κ3) is 2.06. The van der Waals surface area contributed by atoms with Crippen LogP contribution in [0.2, 0.25) is 0 Å². The standard InChI is InChI=1S/C13H23N5/c1-10(2)11-6-7-14-12-15-13(16-18(11)12)17-8-4-3-5-9-17/h10-11H,3-9H2,1-2H3,(H,14,15,16). The number of hydrogen-bond donors (Lipinski definition) is 1. The normalized spacial score (nSPS) is 23.9. The van der Waals surface area contributed by atoms with Gasteiger partial charge < -0.3 is 10.2 Å². The van der Waals surface area contributed by atoms with E-state index in [0.29, 0.717) is 12.0 Å². The summed E-state index contributed by atoms with van der Waals surface area (Å²) < 4.78 is 2.11. The van der Waals surface area contributed by atoms with Gasteiger partial charge in [0.2, 0.25) is 11.9 Å². The molecule has 3 heterocycles. The van der Waals surface area contributed by atoms with Crippen LogP contribution in [0.5, 0.6) is 0 Å². The molecule has 1 aromatic heterocycles. The smallest absolute Gasteiger partial charge is 0.246 e. The monoisotopic (exact) mass is 249 g/mol. The van der Waals surface area contributed by atoms with Gasteiger partial charge in [-0.2, -0.15) is 4.98 Å². The molecule has 1 unspecified atom stereocenters. The summed E-state index contributed by atoms with van der Waals surface area (Å²) in [5, 5.41) is 8.12. The van der Waals surface area contributed by atoms with E-state index < -0.39 is 0 Å². The Kier molecular flexibility index (Phi) is 3.14. The van der Waals surface area contributed by atoms with Gasteiger partial charge in [0.05, 0.1) is 6.04 Å². The average molecular weight is 249 g/mol. The number of fused-ring (bicyclic) bond motifs is 1. The summed E-state index contributed by atoms with van der Waals surface area (Å²) in [6.45, 7) is 7.76. The Morgan fingerprint density at radius 2 is 2.00 bits per heavy atom. The Morgan fingerprint density at radius 3 is 2.72 bits per heavy atom. The first-order chi connectivity index (χ1) is 8.75. The summed E-state index contributed by atoms with van der Waals surface area (Å²) in [5.74, 6) is 2.49. The second kappa shape index (κ2) is 4.78. The highest BCUT2D eigenvalue weighted by Gasteiger charge is 2.27. The molecule has 2 aliphatic heterocycles. The van der Waals surface area contributed by atoms with Gasteiger partial charge in [0, 0.05) is 19.6 Å². The number of rotatable bonds is 2. The van der Waals surface area contributed by atoms with Gasteiger partial charge in [-0.3, -0.25) is 0 Å². The molecule has 0 amide bonds. The number of hydrogen-bond acceptors (Lipinski definition) is 4. The van der Waals surface area contributed by atoms with Gasteiger partial charge in [-0.1, -0.05) is 13.8 Å². The number of anilines is 2. The van der Waals surface area contributed by atoms with Crippen molar-refractivity contribution in [3.05, 3.63) is 0 Å². The van der Waals surface area contributed by atoms with Crippen molar-refractivity contribution in [2.24, 2.45) is 5.92 Å². The lowest BCUT2D eigenvalue weighted by molar-refractivity contribution is 0.322. The maximum Gasteiger partial charge on any atom is 0.246 e. The first-order valence-corrected chi connectivity index (χ1v) is 7.21. The molecule has 0 radical (unpaired) electrons. The number of nitrogens with one attached hydrogen (secondary N) is 1. The molecule has 0 aliphatic carbocycles. The molecule has 0 spiro atoms. The van der Waals surface area contributed by atoms with Gasteiger partial charge in [0.15, 0.2) is 0 Å². The van der Waals surface area contributed by atoms with Crippen LogP contribution in [-0.4, -0.2) is 34.4 Å². The topological polar surface area (TPSA) is 46.0 Å². The predicted molar refractivity (Wildman–Crippen MR) is 73.1 cm³/mol. The summed E-state index contributed by atoms with van der Waals surface area (Å²) in [6.07, 6.45) is 5.03. The van der Waals surface area contributed by atoms with E-state index in [4.69, 9.17) is 5.10 Å². The third-order valence-electron chi connectivity index (χ3n) is 4.07. The molecular formula is C13H23N5. The van der Waals surface area contributed by atoms with Crippen molar-refractivity contribution in [2.45, 2.75) is 45.6 Å². The third-order valence-corrected chi connectivity index (χ3v) is 4.07. The molecule has 0 saturated carbocycles. The minimum absolute atomic E-state index is 0.493. The van der Waals surface area contributed by atoms with Crippen molar-refractivity contribution < 1.29 is 0 Å². The first kappa shape index (κ1) is 11.8. The average Bonchev–Trinajstić information content (AvgIpc) is 2.83. The van der Waals surface area contributed by atoms with E-state index in [0.717, 1.165) is 38.0 Å². The molecule has 5 nitrogen and oxygen atoms in total. The van der Waals surface area contributed by atoms with Crippen molar-refractivity contribution >= 4 is 11.9 Å². The SMILES string of the molecule is CC(C)C1CCNc2nc(N3CCCCC3)nn21. The fourth-order valence-electron chi connectivity index (χ4n) is 2.96. The van der Waals surface area contributed by atoms with Crippen LogP contribution in [0.1, 0.15) is 45.6 Å². The minimum Gasteiger partial charge on any atom is -0.354 e. The summed E-state index contributed by atoms with van der Waals surface area (Å²) >= 11 is 0. The zero-order chi connectivity index (χ0) is 12.5. The van der Waals surface area contributed by atoms with E-state index in [9.17, 15) is 0 Å². The molecule has 2 aliphatic rings. The molecule has 3 rings (SSSR count). The van der Waals surface area contributed by atoms with Crippen LogP contribution in [0.25, 0.3) is 0 Å². The van der Waals surface area contributed by atoms with Gasteiger partial charge in [-0.15, -0.1) is 5.10 Å². The largest absolute Gasteiger partial charge is 0.354 e. The minimum atomic E-state index is 0.493. The Balaban J connectivity index is 1.85. The molecule has 100 valence electrons. The van der Waals surface area contributed by atoms with Gasteiger partial charge >= 0.3 is 0 Å². The Hall–Kier alpha value is -1.26. The van der Waals surface area contributed by atoms with Crippen LogP contribution in [0.4, 0.5) is 11.9 Å². The lowest BCUT2D eigenvalue weighted by atomic mass is 10.0. The van der Waals surface area contributed by atoms with Gasteiger partial charge in [0.25, 0.3) is 0 Å². The van der Waals surface area contributed by atoms with Crippen LogP contribution < -0.4 is 10.2 Å². The van der Waals surface area contributed by atoms with Crippen LogP contribution in [0, 0.1) is 5.92 Å². The van der Waals surface area contributed by atoms with Gasteiger partial charge in [-0.25, -0.2) is 4.68 Å². The van der Waals surface area contributed by atoms with E-state index in [1.165, 1.54) is 19.3 Å². The zero-order valence-electron chi connectivity index (χ0n) is 11.4. The zero-order valence-corrected chi connectivity index (χ0v) is 11.4. The molecule has 1 N–H and O–H groups in total. The van der Waals surface area contributed by atoms with Crippen molar-refractivity contribution in [1.29, 1.82) is 0 Å². The highest BCUT2D eigenvalue weighted by atomic mass is 15.5. The fraction of sp³-hybridized carbons (Fsp3) is 0.846. The molecule has 18 heavy (non-hydrogen) atoms. The highest BCUT2D eigenvalue weighted by Crippen LogP contribution is 2.30. The molecular weight excluding hydrogens is 226 g/mol. The Morgan fingerprint density at radius 1 is 1.22 bits per heavy atom.